The van der Waals surface area contributed by atoms with Gasteiger partial charge in [0, 0.05) is 10.6 Å². The van der Waals surface area contributed by atoms with Crippen molar-refractivity contribution in [1.29, 1.82) is 0 Å². The van der Waals surface area contributed by atoms with E-state index in [1.807, 2.05) is 14.1 Å². The molecule has 1 amide bonds. The quantitative estimate of drug-likeness (QED) is 0.386. The van der Waals surface area contributed by atoms with Crippen molar-refractivity contribution in [1.82, 2.24) is 4.90 Å². The lowest BCUT2D eigenvalue weighted by atomic mass is 9.95. The van der Waals surface area contributed by atoms with E-state index in [1.54, 1.807) is 42.5 Å². The first-order chi connectivity index (χ1) is 14.8. The van der Waals surface area contributed by atoms with Crippen LogP contribution in [0.3, 0.4) is 0 Å². The van der Waals surface area contributed by atoms with Crippen LogP contribution in [0.25, 0.3) is 5.76 Å². The average molecular weight is 446 g/mol. The second kappa shape index (κ2) is 9.41. The molecule has 1 aliphatic heterocycles. The maximum absolute atomic E-state index is 13.0. The lowest BCUT2D eigenvalue weighted by Gasteiger charge is -2.26. The van der Waals surface area contributed by atoms with Gasteiger partial charge in [0.1, 0.15) is 5.76 Å². The summed E-state index contributed by atoms with van der Waals surface area (Å²) in [6.07, 6.45) is 0. The number of hydrogen-bond donors (Lipinski definition) is 2. The minimum Gasteiger partial charge on any atom is -0.507 e. The minimum atomic E-state index is -0.755. The van der Waals surface area contributed by atoms with E-state index >= 15 is 0 Å². The number of quaternary nitrogens is 1. The number of hydrogen-bond acceptors (Lipinski definition) is 5. The normalized spacial score (nSPS) is 18.0. The van der Waals surface area contributed by atoms with E-state index in [0.717, 1.165) is 4.90 Å². The van der Waals surface area contributed by atoms with E-state index in [0.29, 0.717) is 40.7 Å². The number of carbonyl (C=O) groups excluding carboxylic acids is 2. The molecule has 1 saturated heterocycles. The summed E-state index contributed by atoms with van der Waals surface area (Å²) in [4.78, 5) is 28.6. The van der Waals surface area contributed by atoms with Gasteiger partial charge in [0.25, 0.3) is 11.7 Å². The molecule has 2 N–H and O–H groups in total. The van der Waals surface area contributed by atoms with Gasteiger partial charge in [0.15, 0.2) is 11.5 Å². The maximum atomic E-state index is 13.0. The van der Waals surface area contributed by atoms with Crippen molar-refractivity contribution in [2.24, 2.45) is 0 Å². The monoisotopic (exact) mass is 445 g/mol. The van der Waals surface area contributed by atoms with Crippen molar-refractivity contribution in [3.8, 4) is 11.5 Å². The molecular weight excluding hydrogens is 420 g/mol. The summed E-state index contributed by atoms with van der Waals surface area (Å²) >= 11 is 5.95. The zero-order valence-corrected chi connectivity index (χ0v) is 18.7. The van der Waals surface area contributed by atoms with Gasteiger partial charge in [-0.25, -0.2) is 0 Å². The van der Waals surface area contributed by atoms with Crippen molar-refractivity contribution in [3.63, 3.8) is 0 Å². The molecule has 0 aromatic heterocycles. The highest BCUT2D eigenvalue weighted by Gasteiger charge is 2.46. The van der Waals surface area contributed by atoms with Crippen LogP contribution in [0.5, 0.6) is 11.5 Å². The molecule has 0 aliphatic carbocycles. The highest BCUT2D eigenvalue weighted by Crippen LogP contribution is 2.41. The number of carbonyl (C=O) groups is 2. The highest BCUT2D eigenvalue weighted by atomic mass is 35.5. The summed E-state index contributed by atoms with van der Waals surface area (Å²) < 4.78 is 10.7. The summed E-state index contributed by atoms with van der Waals surface area (Å²) in [6.45, 7) is 0.987. The maximum Gasteiger partial charge on any atom is 0.295 e. The Hall–Kier alpha value is -3.03. The average Bonchev–Trinajstić information content (AvgIpc) is 3.01. The Bertz CT molecular complexity index is 1020. The molecule has 2 aromatic carbocycles. The topological polar surface area (TPSA) is 80.5 Å². The van der Waals surface area contributed by atoms with Gasteiger partial charge in [-0.05, 0) is 42.0 Å². The standard InChI is InChI=1S/C23H25ClN2O5/c1-25(2)11-12-26-20(15-7-10-17(30-3)18(13-15)31-4)19(22(28)23(26)29)21(27)14-5-8-16(24)9-6-14/h5-10,13,20,27H,11-12H2,1-4H3/p+1/t20-/m1/s1. The number of ether oxygens (including phenoxy) is 2. The Kier molecular flexibility index (Phi) is 6.87. The summed E-state index contributed by atoms with van der Waals surface area (Å²) in [6, 6.07) is 10.9. The molecule has 1 heterocycles. The van der Waals surface area contributed by atoms with Crippen molar-refractivity contribution >= 4 is 29.1 Å². The van der Waals surface area contributed by atoms with Crippen LogP contribution in [-0.2, 0) is 9.59 Å². The molecular formula is C23H26ClN2O5+. The van der Waals surface area contributed by atoms with Crippen molar-refractivity contribution in [2.75, 3.05) is 41.4 Å². The number of Topliss-reactive ketones (excluding diaryl/α,β-unsaturated/α-hetero) is 1. The highest BCUT2D eigenvalue weighted by molar-refractivity contribution is 6.46. The van der Waals surface area contributed by atoms with E-state index in [-0.39, 0.29) is 11.3 Å². The van der Waals surface area contributed by atoms with Crippen molar-refractivity contribution < 1.29 is 29.1 Å². The molecule has 0 spiro atoms. The first-order valence-corrected chi connectivity index (χ1v) is 10.2. The third-order valence-electron chi connectivity index (χ3n) is 5.23. The third-order valence-corrected chi connectivity index (χ3v) is 5.49. The number of ketones is 1. The molecule has 0 saturated carbocycles. The van der Waals surface area contributed by atoms with Crippen LogP contribution in [0, 0.1) is 0 Å². The lowest BCUT2D eigenvalue weighted by molar-refractivity contribution is -0.857. The van der Waals surface area contributed by atoms with Crippen molar-refractivity contribution in [3.05, 3.63) is 64.2 Å². The van der Waals surface area contributed by atoms with E-state index in [4.69, 9.17) is 21.1 Å². The van der Waals surface area contributed by atoms with Crippen LogP contribution < -0.4 is 14.4 Å². The molecule has 1 fully saturated rings. The zero-order chi connectivity index (χ0) is 22.7. The predicted octanol–water partition coefficient (Wildman–Crippen LogP) is 1.92. The van der Waals surface area contributed by atoms with Gasteiger partial charge in [-0.2, -0.15) is 0 Å². The van der Waals surface area contributed by atoms with Gasteiger partial charge >= 0.3 is 0 Å². The minimum absolute atomic E-state index is 0.0355. The summed E-state index contributed by atoms with van der Waals surface area (Å²) in [5.41, 5.74) is 1.08. The first-order valence-electron chi connectivity index (χ1n) is 9.83. The molecule has 0 radical (unpaired) electrons. The Morgan fingerprint density at radius 2 is 1.71 bits per heavy atom. The van der Waals surface area contributed by atoms with E-state index in [1.165, 1.54) is 19.1 Å². The zero-order valence-electron chi connectivity index (χ0n) is 17.9. The molecule has 1 aliphatic rings. The lowest BCUT2D eigenvalue weighted by Crippen LogP contribution is -3.06. The Labute approximate surface area is 186 Å². The van der Waals surface area contributed by atoms with Crippen LogP contribution in [0.1, 0.15) is 17.2 Å². The number of likely N-dealkylation sites (tertiary alicyclic amines) is 1. The number of amides is 1. The van der Waals surface area contributed by atoms with Crippen LogP contribution in [-0.4, -0.2) is 63.1 Å². The van der Waals surface area contributed by atoms with E-state index < -0.39 is 17.7 Å². The number of likely N-dealkylation sites (N-methyl/N-ethyl adjacent to an activating group) is 1. The molecule has 2 aromatic rings. The van der Waals surface area contributed by atoms with Crippen LogP contribution in [0.15, 0.2) is 48.0 Å². The van der Waals surface area contributed by atoms with Crippen LogP contribution >= 0.6 is 11.6 Å². The number of nitrogens with one attached hydrogen (secondary N) is 1. The number of halogens is 1. The van der Waals surface area contributed by atoms with Crippen LogP contribution in [0.2, 0.25) is 5.02 Å². The third kappa shape index (κ3) is 4.52. The Morgan fingerprint density at radius 3 is 2.29 bits per heavy atom. The summed E-state index contributed by atoms with van der Waals surface area (Å²) in [5, 5.41) is 11.5. The first kappa shape index (κ1) is 22.7. The smallest absolute Gasteiger partial charge is 0.295 e. The van der Waals surface area contributed by atoms with Crippen molar-refractivity contribution in [2.45, 2.75) is 6.04 Å². The van der Waals surface area contributed by atoms with Gasteiger partial charge in [-0.3, -0.25) is 9.59 Å². The van der Waals surface area contributed by atoms with E-state index in [2.05, 4.69) is 0 Å². The number of aliphatic hydroxyl groups is 1. The number of aliphatic hydroxyl groups excluding tert-OH is 1. The van der Waals surface area contributed by atoms with Gasteiger partial charge in [0.05, 0.1) is 53.0 Å². The van der Waals surface area contributed by atoms with Crippen LogP contribution in [0.4, 0.5) is 0 Å². The SMILES string of the molecule is COc1ccc([C@@H]2C(=C(O)c3ccc(Cl)cc3)C(=O)C(=O)N2CC[NH+](C)C)cc1OC. The second-order valence-corrected chi connectivity index (χ2v) is 8.01. The summed E-state index contributed by atoms with van der Waals surface area (Å²) in [7, 11) is 6.98. The number of benzene rings is 2. The van der Waals surface area contributed by atoms with Gasteiger partial charge in [-0.1, -0.05) is 17.7 Å². The molecule has 164 valence electrons. The molecule has 31 heavy (non-hydrogen) atoms. The molecule has 1 atom stereocenters. The van der Waals surface area contributed by atoms with Gasteiger partial charge < -0.3 is 24.4 Å². The molecule has 3 rings (SSSR count). The van der Waals surface area contributed by atoms with Gasteiger partial charge in [-0.15, -0.1) is 0 Å². The fourth-order valence-corrected chi connectivity index (χ4v) is 3.71. The Morgan fingerprint density at radius 1 is 1.06 bits per heavy atom. The second-order valence-electron chi connectivity index (χ2n) is 7.57. The predicted molar refractivity (Wildman–Crippen MR) is 118 cm³/mol. The largest absolute Gasteiger partial charge is 0.507 e. The Balaban J connectivity index is 2.18. The molecule has 8 heteroatoms. The van der Waals surface area contributed by atoms with E-state index in [9.17, 15) is 14.7 Å². The molecule has 7 nitrogen and oxygen atoms in total. The molecule has 0 unspecified atom stereocenters. The number of methoxy groups -OCH3 is 2. The fourth-order valence-electron chi connectivity index (χ4n) is 3.59. The molecule has 0 bridgehead atoms. The van der Waals surface area contributed by atoms with Gasteiger partial charge in [0.2, 0.25) is 0 Å². The fraction of sp³-hybridized carbons (Fsp3) is 0.304. The number of nitrogens with zero attached hydrogens (tertiary/aromatic N) is 1. The number of rotatable bonds is 7. The summed E-state index contributed by atoms with van der Waals surface area (Å²) in [5.74, 6) is -0.610.